The van der Waals surface area contributed by atoms with Gasteiger partial charge in [0.1, 0.15) is 11.6 Å². The Bertz CT molecular complexity index is 788. The lowest BCUT2D eigenvalue weighted by molar-refractivity contribution is -0.203. The quantitative estimate of drug-likeness (QED) is 0.687. The Kier molecular flexibility index (Phi) is 4.20. The predicted octanol–water partition coefficient (Wildman–Crippen LogP) is 2.64. The van der Waals surface area contributed by atoms with E-state index < -0.39 is 17.5 Å². The smallest absolute Gasteiger partial charge is 0.306 e. The summed E-state index contributed by atoms with van der Waals surface area (Å²) in [5.74, 6) is 0.134. The van der Waals surface area contributed by atoms with Crippen molar-refractivity contribution in [2.75, 3.05) is 0 Å². The number of esters is 1. The van der Waals surface area contributed by atoms with Crippen molar-refractivity contribution < 1.29 is 24.2 Å². The Morgan fingerprint density at radius 3 is 2.45 bits per heavy atom. The summed E-state index contributed by atoms with van der Waals surface area (Å²) >= 11 is 0. The van der Waals surface area contributed by atoms with Crippen LogP contribution >= 0.6 is 0 Å². The number of hydrogen-bond donors (Lipinski definition) is 1. The third kappa shape index (κ3) is 3.31. The van der Waals surface area contributed by atoms with Gasteiger partial charge < -0.3 is 14.7 Å². The number of fused-ring (bicyclic) bond motifs is 1. The maximum Gasteiger partial charge on any atom is 0.306 e. The van der Waals surface area contributed by atoms with E-state index in [1.165, 1.54) is 0 Å². The largest absolute Gasteiger partial charge is 0.481 e. The van der Waals surface area contributed by atoms with Crippen LogP contribution in [0.4, 0.5) is 0 Å². The SMILES string of the molecule is N#CC1CC2CC2N1C(=O)CC12CC3CC(C1)CC(OC(=O)CCC(=O)O)(C3)C2. The lowest BCUT2D eigenvalue weighted by Crippen LogP contribution is -2.58. The molecule has 5 unspecified atom stereocenters. The highest BCUT2D eigenvalue weighted by Gasteiger charge is 2.61. The van der Waals surface area contributed by atoms with Crippen LogP contribution in [-0.4, -0.2) is 45.5 Å². The van der Waals surface area contributed by atoms with E-state index in [1.54, 1.807) is 0 Å². The van der Waals surface area contributed by atoms with Crippen molar-refractivity contribution in [2.45, 2.75) is 88.3 Å². The zero-order chi connectivity index (χ0) is 20.4. The molecule has 0 aromatic rings. The Labute approximate surface area is 170 Å². The van der Waals surface area contributed by atoms with Gasteiger partial charge in [-0.2, -0.15) is 5.26 Å². The normalized spacial score (nSPS) is 43.6. The van der Waals surface area contributed by atoms with Crippen LogP contribution in [0.3, 0.4) is 0 Å². The number of piperidine rings is 1. The van der Waals surface area contributed by atoms with E-state index in [1.807, 2.05) is 4.90 Å². The van der Waals surface area contributed by atoms with E-state index in [4.69, 9.17) is 9.84 Å². The minimum absolute atomic E-state index is 0.0982. The zero-order valence-electron chi connectivity index (χ0n) is 16.6. The molecule has 6 fully saturated rings. The van der Waals surface area contributed by atoms with E-state index in [0.29, 0.717) is 30.6 Å². The average Bonchev–Trinajstić information content (AvgIpc) is 3.27. The fourth-order valence-corrected chi connectivity index (χ4v) is 7.54. The molecule has 1 N–H and O–H groups in total. The van der Waals surface area contributed by atoms with Gasteiger partial charge in [0.15, 0.2) is 0 Å². The van der Waals surface area contributed by atoms with Crippen molar-refractivity contribution in [3.05, 3.63) is 0 Å². The molecule has 0 aromatic heterocycles. The van der Waals surface area contributed by atoms with Crippen LogP contribution in [0, 0.1) is 34.5 Å². The van der Waals surface area contributed by atoms with E-state index in [-0.39, 0.29) is 36.2 Å². The van der Waals surface area contributed by atoms with Crippen molar-refractivity contribution in [1.29, 1.82) is 5.26 Å². The molecule has 1 aliphatic heterocycles. The summed E-state index contributed by atoms with van der Waals surface area (Å²) < 4.78 is 5.93. The van der Waals surface area contributed by atoms with Gasteiger partial charge in [0.2, 0.25) is 5.91 Å². The standard InChI is InChI=1S/C22H28N2O5/c23-11-16-4-15-5-17(15)24(16)18(25)10-21-6-13-3-14(7-21)9-22(8-13,12-21)29-20(28)2-1-19(26)27/h13-17H,1-10,12H2,(H,26,27). The van der Waals surface area contributed by atoms with Crippen molar-refractivity contribution in [3.63, 3.8) is 0 Å². The van der Waals surface area contributed by atoms with Gasteiger partial charge in [0.05, 0.1) is 18.9 Å². The fraction of sp³-hybridized carbons (Fsp3) is 0.818. The summed E-state index contributed by atoms with van der Waals surface area (Å²) in [6.07, 6.45) is 7.53. The van der Waals surface area contributed by atoms with Crippen LogP contribution in [0.1, 0.15) is 70.6 Å². The molecule has 6 rings (SSSR count). The van der Waals surface area contributed by atoms with Gasteiger partial charge in [-0.25, -0.2) is 0 Å². The molecule has 156 valence electrons. The number of amides is 1. The van der Waals surface area contributed by atoms with Gasteiger partial charge in [-0.05, 0) is 74.5 Å². The van der Waals surface area contributed by atoms with Crippen molar-refractivity contribution >= 4 is 17.8 Å². The van der Waals surface area contributed by atoms with E-state index >= 15 is 0 Å². The molecule has 4 bridgehead atoms. The van der Waals surface area contributed by atoms with Gasteiger partial charge in [-0.3, -0.25) is 14.4 Å². The van der Waals surface area contributed by atoms with Crippen molar-refractivity contribution in [1.82, 2.24) is 4.90 Å². The van der Waals surface area contributed by atoms with Crippen LogP contribution in [0.5, 0.6) is 0 Å². The minimum Gasteiger partial charge on any atom is -0.481 e. The third-order valence-corrected chi connectivity index (χ3v) is 8.07. The van der Waals surface area contributed by atoms with E-state index in [2.05, 4.69) is 6.07 Å². The number of nitrogens with zero attached hydrogens (tertiary/aromatic N) is 2. The molecule has 0 radical (unpaired) electrons. The molecular formula is C22H28N2O5. The maximum absolute atomic E-state index is 13.2. The lowest BCUT2D eigenvalue weighted by atomic mass is 9.47. The highest BCUT2D eigenvalue weighted by Crippen LogP contribution is 2.64. The van der Waals surface area contributed by atoms with Crippen LogP contribution in [0.15, 0.2) is 0 Å². The number of carbonyl (C=O) groups excluding carboxylic acids is 2. The molecule has 1 saturated heterocycles. The number of hydrogen-bond acceptors (Lipinski definition) is 5. The number of rotatable bonds is 6. The Morgan fingerprint density at radius 1 is 1.07 bits per heavy atom. The van der Waals surface area contributed by atoms with Gasteiger partial charge in [-0.15, -0.1) is 0 Å². The molecule has 7 nitrogen and oxygen atoms in total. The molecule has 5 aliphatic carbocycles. The first-order chi connectivity index (χ1) is 13.8. The van der Waals surface area contributed by atoms with Crippen LogP contribution in [-0.2, 0) is 19.1 Å². The topological polar surface area (TPSA) is 108 Å². The molecule has 5 atom stereocenters. The molecule has 0 spiro atoms. The number of carboxylic acid groups (broad SMARTS) is 1. The van der Waals surface area contributed by atoms with Crippen LogP contribution in [0.25, 0.3) is 0 Å². The van der Waals surface area contributed by atoms with Gasteiger partial charge in [0.25, 0.3) is 0 Å². The molecule has 5 saturated carbocycles. The molecular weight excluding hydrogens is 372 g/mol. The highest BCUT2D eigenvalue weighted by atomic mass is 16.6. The fourth-order valence-electron chi connectivity index (χ4n) is 7.54. The van der Waals surface area contributed by atoms with Crippen molar-refractivity contribution in [3.8, 4) is 6.07 Å². The van der Waals surface area contributed by atoms with Crippen LogP contribution < -0.4 is 0 Å². The first-order valence-electron chi connectivity index (χ1n) is 10.9. The summed E-state index contributed by atoms with van der Waals surface area (Å²) in [6, 6.07) is 2.30. The number of likely N-dealkylation sites (tertiary alicyclic amines) is 1. The number of carboxylic acids is 1. The summed E-state index contributed by atoms with van der Waals surface area (Å²) in [6.45, 7) is 0. The highest BCUT2D eigenvalue weighted by molar-refractivity contribution is 5.79. The Morgan fingerprint density at radius 2 is 1.79 bits per heavy atom. The van der Waals surface area contributed by atoms with Crippen LogP contribution in [0.2, 0.25) is 0 Å². The van der Waals surface area contributed by atoms with Gasteiger partial charge in [-0.1, -0.05) is 0 Å². The van der Waals surface area contributed by atoms with E-state index in [0.717, 1.165) is 44.9 Å². The molecule has 29 heavy (non-hydrogen) atoms. The molecule has 6 aliphatic rings. The second kappa shape index (κ2) is 6.45. The predicted molar refractivity (Wildman–Crippen MR) is 100 cm³/mol. The van der Waals surface area contributed by atoms with E-state index in [9.17, 15) is 19.6 Å². The number of aliphatic carboxylic acids is 1. The summed E-state index contributed by atoms with van der Waals surface area (Å²) in [7, 11) is 0. The van der Waals surface area contributed by atoms with Gasteiger partial charge >= 0.3 is 11.9 Å². The number of ether oxygens (including phenoxy) is 1. The second-order valence-electron chi connectivity index (χ2n) is 10.4. The zero-order valence-corrected chi connectivity index (χ0v) is 16.6. The Hall–Kier alpha value is -2.10. The first kappa shape index (κ1) is 18.9. The minimum atomic E-state index is -0.995. The van der Waals surface area contributed by atoms with Gasteiger partial charge in [0, 0.05) is 12.5 Å². The average molecular weight is 400 g/mol. The third-order valence-electron chi connectivity index (χ3n) is 8.07. The summed E-state index contributed by atoms with van der Waals surface area (Å²) in [4.78, 5) is 38.2. The molecule has 0 aromatic carbocycles. The lowest BCUT2D eigenvalue weighted by Gasteiger charge is -2.61. The summed E-state index contributed by atoms with van der Waals surface area (Å²) in [5, 5.41) is 18.3. The van der Waals surface area contributed by atoms with Crippen molar-refractivity contribution in [2.24, 2.45) is 23.2 Å². The molecule has 7 heteroatoms. The number of nitriles is 1. The summed E-state index contributed by atoms with van der Waals surface area (Å²) in [5.41, 5.74) is -0.664. The maximum atomic E-state index is 13.2. The first-order valence-corrected chi connectivity index (χ1v) is 10.9. The molecule has 1 amide bonds. The second-order valence-corrected chi connectivity index (χ2v) is 10.4. The monoisotopic (exact) mass is 400 g/mol. The molecule has 1 heterocycles. The number of carbonyl (C=O) groups is 3. The Balaban J connectivity index is 1.30.